The van der Waals surface area contributed by atoms with E-state index in [4.69, 9.17) is 9.15 Å². The Morgan fingerprint density at radius 2 is 2.44 bits per heavy atom. The van der Waals surface area contributed by atoms with Crippen LogP contribution in [0.3, 0.4) is 0 Å². The summed E-state index contributed by atoms with van der Waals surface area (Å²) in [7, 11) is 0. The first-order valence-corrected chi connectivity index (χ1v) is 6.18. The van der Waals surface area contributed by atoms with Crippen molar-refractivity contribution < 1.29 is 9.15 Å². The Morgan fingerprint density at radius 1 is 1.56 bits per heavy atom. The maximum atomic E-state index is 5.64. The standard InChI is InChI=1S/C13H21NO2/c1-3-14-13(9-11-5-4-7-16-11)12-6-8-15-10(12)2/h4-5,7,10,12-14H,3,6,8-9H2,1-2H3. The minimum absolute atomic E-state index is 0.360. The molecule has 3 atom stereocenters. The van der Waals surface area contributed by atoms with Gasteiger partial charge >= 0.3 is 0 Å². The van der Waals surface area contributed by atoms with Crippen LogP contribution in [-0.4, -0.2) is 25.3 Å². The molecule has 1 aromatic heterocycles. The van der Waals surface area contributed by atoms with Crippen LogP contribution in [0.15, 0.2) is 22.8 Å². The van der Waals surface area contributed by atoms with Crippen LogP contribution in [0.4, 0.5) is 0 Å². The van der Waals surface area contributed by atoms with Crippen LogP contribution in [0.5, 0.6) is 0 Å². The third-order valence-electron chi connectivity index (χ3n) is 3.42. The number of likely N-dealkylation sites (N-methyl/N-ethyl adjacent to an activating group) is 1. The number of ether oxygens (including phenoxy) is 1. The normalized spacial score (nSPS) is 27.1. The number of furan rings is 1. The van der Waals surface area contributed by atoms with E-state index in [1.165, 1.54) is 0 Å². The van der Waals surface area contributed by atoms with Crippen LogP contribution in [0.25, 0.3) is 0 Å². The summed E-state index contributed by atoms with van der Waals surface area (Å²) in [6.45, 7) is 6.21. The van der Waals surface area contributed by atoms with E-state index in [1.54, 1.807) is 6.26 Å². The smallest absolute Gasteiger partial charge is 0.105 e. The van der Waals surface area contributed by atoms with Crippen molar-refractivity contribution in [3.05, 3.63) is 24.2 Å². The van der Waals surface area contributed by atoms with Gasteiger partial charge in [-0.3, -0.25) is 0 Å². The molecule has 3 nitrogen and oxygen atoms in total. The van der Waals surface area contributed by atoms with Crippen molar-refractivity contribution >= 4 is 0 Å². The van der Waals surface area contributed by atoms with Crippen LogP contribution in [0, 0.1) is 5.92 Å². The van der Waals surface area contributed by atoms with Crippen molar-refractivity contribution in [1.29, 1.82) is 0 Å². The summed E-state index contributed by atoms with van der Waals surface area (Å²) in [4.78, 5) is 0. The van der Waals surface area contributed by atoms with Crippen LogP contribution in [0.1, 0.15) is 26.0 Å². The summed E-state index contributed by atoms with van der Waals surface area (Å²) < 4.78 is 11.1. The van der Waals surface area contributed by atoms with Gasteiger partial charge in [-0.2, -0.15) is 0 Å². The van der Waals surface area contributed by atoms with Gasteiger partial charge < -0.3 is 14.5 Å². The molecule has 1 aromatic rings. The SMILES string of the molecule is CCNC(Cc1ccco1)C1CCOC1C. The molecule has 1 fully saturated rings. The quantitative estimate of drug-likeness (QED) is 0.831. The van der Waals surface area contributed by atoms with Crippen LogP contribution >= 0.6 is 0 Å². The highest BCUT2D eigenvalue weighted by Crippen LogP contribution is 2.26. The molecule has 1 aliphatic heterocycles. The summed E-state index contributed by atoms with van der Waals surface area (Å²) in [6.07, 6.45) is 4.21. The Hall–Kier alpha value is -0.800. The predicted octanol–water partition coefficient (Wildman–Crippen LogP) is 2.23. The van der Waals surface area contributed by atoms with E-state index < -0.39 is 0 Å². The summed E-state index contributed by atoms with van der Waals surface area (Å²) >= 11 is 0. The van der Waals surface area contributed by atoms with Gasteiger partial charge in [0.15, 0.2) is 0 Å². The average Bonchev–Trinajstić information content (AvgIpc) is 2.88. The van der Waals surface area contributed by atoms with Gasteiger partial charge in [-0.1, -0.05) is 6.92 Å². The largest absolute Gasteiger partial charge is 0.469 e. The van der Waals surface area contributed by atoms with E-state index in [9.17, 15) is 0 Å². The predicted molar refractivity (Wildman–Crippen MR) is 63.4 cm³/mol. The zero-order valence-corrected chi connectivity index (χ0v) is 10.1. The Balaban J connectivity index is 1.99. The molecule has 16 heavy (non-hydrogen) atoms. The van der Waals surface area contributed by atoms with E-state index in [0.29, 0.717) is 18.1 Å². The van der Waals surface area contributed by atoms with E-state index in [-0.39, 0.29) is 0 Å². The van der Waals surface area contributed by atoms with Crippen LogP contribution < -0.4 is 5.32 Å². The molecule has 90 valence electrons. The van der Waals surface area contributed by atoms with Gasteiger partial charge in [-0.05, 0) is 32.0 Å². The molecule has 0 saturated carbocycles. The van der Waals surface area contributed by atoms with Crippen molar-refractivity contribution in [2.75, 3.05) is 13.2 Å². The molecule has 0 aromatic carbocycles. The molecule has 0 bridgehead atoms. The van der Waals surface area contributed by atoms with Crippen molar-refractivity contribution in [1.82, 2.24) is 5.32 Å². The summed E-state index contributed by atoms with van der Waals surface area (Å²) in [5.41, 5.74) is 0. The lowest BCUT2D eigenvalue weighted by Crippen LogP contribution is -2.40. The molecular weight excluding hydrogens is 202 g/mol. The van der Waals surface area contributed by atoms with E-state index in [1.807, 2.05) is 12.1 Å². The van der Waals surface area contributed by atoms with Crippen molar-refractivity contribution in [2.45, 2.75) is 38.8 Å². The molecule has 0 aliphatic carbocycles. The number of nitrogens with one attached hydrogen (secondary N) is 1. The van der Waals surface area contributed by atoms with Gasteiger partial charge in [0.05, 0.1) is 12.4 Å². The minimum Gasteiger partial charge on any atom is -0.469 e. The second-order valence-electron chi connectivity index (χ2n) is 4.48. The van der Waals surface area contributed by atoms with E-state index in [0.717, 1.165) is 31.8 Å². The third kappa shape index (κ3) is 2.66. The average molecular weight is 223 g/mol. The van der Waals surface area contributed by atoms with Gasteiger partial charge in [0.1, 0.15) is 5.76 Å². The first kappa shape index (κ1) is 11.7. The number of hydrogen-bond donors (Lipinski definition) is 1. The monoisotopic (exact) mass is 223 g/mol. The van der Waals surface area contributed by atoms with Crippen molar-refractivity contribution in [3.8, 4) is 0 Å². The van der Waals surface area contributed by atoms with Gasteiger partial charge in [0, 0.05) is 25.0 Å². The molecule has 3 heteroatoms. The molecule has 0 radical (unpaired) electrons. The molecular formula is C13H21NO2. The highest BCUT2D eigenvalue weighted by Gasteiger charge is 2.31. The van der Waals surface area contributed by atoms with Crippen LogP contribution in [0.2, 0.25) is 0 Å². The summed E-state index contributed by atoms with van der Waals surface area (Å²) in [6, 6.07) is 4.46. The topological polar surface area (TPSA) is 34.4 Å². The third-order valence-corrected chi connectivity index (χ3v) is 3.42. The molecule has 1 aliphatic rings. The zero-order chi connectivity index (χ0) is 11.4. The molecule has 2 heterocycles. The molecule has 3 unspecified atom stereocenters. The molecule has 0 spiro atoms. The number of rotatable bonds is 5. The van der Waals surface area contributed by atoms with E-state index in [2.05, 4.69) is 19.2 Å². The van der Waals surface area contributed by atoms with Gasteiger partial charge in [-0.15, -0.1) is 0 Å². The van der Waals surface area contributed by atoms with Gasteiger partial charge in [0.25, 0.3) is 0 Å². The minimum atomic E-state index is 0.360. The Bertz CT molecular complexity index is 297. The molecule has 1 saturated heterocycles. The highest BCUT2D eigenvalue weighted by molar-refractivity contribution is 5.02. The first-order valence-electron chi connectivity index (χ1n) is 6.18. The van der Waals surface area contributed by atoms with Crippen molar-refractivity contribution in [3.63, 3.8) is 0 Å². The molecule has 0 amide bonds. The second kappa shape index (κ2) is 5.51. The second-order valence-corrected chi connectivity index (χ2v) is 4.48. The fourth-order valence-electron chi connectivity index (χ4n) is 2.56. The van der Waals surface area contributed by atoms with Gasteiger partial charge in [-0.25, -0.2) is 0 Å². The fraction of sp³-hybridized carbons (Fsp3) is 0.692. The maximum absolute atomic E-state index is 5.64. The highest BCUT2D eigenvalue weighted by atomic mass is 16.5. The Morgan fingerprint density at radius 3 is 3.00 bits per heavy atom. The first-order chi connectivity index (χ1) is 7.81. The zero-order valence-electron chi connectivity index (χ0n) is 10.1. The Labute approximate surface area is 97.2 Å². The van der Waals surface area contributed by atoms with Crippen molar-refractivity contribution in [2.24, 2.45) is 5.92 Å². The fourth-order valence-corrected chi connectivity index (χ4v) is 2.56. The Kier molecular flexibility index (Phi) is 4.02. The van der Waals surface area contributed by atoms with E-state index >= 15 is 0 Å². The summed E-state index contributed by atoms with van der Waals surface area (Å²) in [5.74, 6) is 1.66. The maximum Gasteiger partial charge on any atom is 0.105 e. The lowest BCUT2D eigenvalue weighted by atomic mass is 9.90. The lowest BCUT2D eigenvalue weighted by molar-refractivity contribution is 0.0949. The van der Waals surface area contributed by atoms with Crippen LogP contribution in [-0.2, 0) is 11.2 Å². The summed E-state index contributed by atoms with van der Waals surface area (Å²) in [5, 5.41) is 3.55. The lowest BCUT2D eigenvalue weighted by Gasteiger charge is -2.25. The molecule has 2 rings (SSSR count). The number of hydrogen-bond acceptors (Lipinski definition) is 3. The van der Waals surface area contributed by atoms with Gasteiger partial charge in [0.2, 0.25) is 0 Å². The molecule has 1 N–H and O–H groups in total.